The maximum absolute atomic E-state index is 12.8. The molecule has 7 heteroatoms. The van der Waals surface area contributed by atoms with Crippen LogP contribution in [0.1, 0.15) is 47.0 Å². The molecular formula is C13H27O6P. The largest absolute Gasteiger partial charge is 0.464 e. The van der Waals surface area contributed by atoms with E-state index in [0.29, 0.717) is 12.8 Å². The van der Waals surface area contributed by atoms with Crippen molar-refractivity contribution < 1.29 is 28.3 Å². The predicted molar refractivity (Wildman–Crippen MR) is 76.8 cm³/mol. The fraction of sp³-hybridized carbons (Fsp3) is 0.923. The van der Waals surface area contributed by atoms with Gasteiger partial charge in [-0.3, -0.25) is 4.57 Å². The van der Waals surface area contributed by atoms with Crippen LogP contribution in [0.15, 0.2) is 0 Å². The van der Waals surface area contributed by atoms with Gasteiger partial charge in [-0.25, -0.2) is 4.79 Å². The van der Waals surface area contributed by atoms with Gasteiger partial charge in [0.05, 0.1) is 25.5 Å². The Labute approximate surface area is 121 Å². The van der Waals surface area contributed by atoms with Gasteiger partial charge in [-0.2, -0.15) is 0 Å². The highest BCUT2D eigenvalue weighted by Gasteiger charge is 2.43. The SMILES string of the molecule is CCCCC(C(O)C(=O)OCC)P(=O)(OCC)OCC. The first-order chi connectivity index (χ1) is 9.46. The third kappa shape index (κ3) is 5.92. The zero-order valence-corrected chi connectivity index (χ0v) is 13.7. The van der Waals surface area contributed by atoms with Crippen LogP contribution in [0.25, 0.3) is 0 Å². The van der Waals surface area contributed by atoms with Crippen molar-refractivity contribution in [1.29, 1.82) is 0 Å². The molecule has 20 heavy (non-hydrogen) atoms. The summed E-state index contributed by atoms with van der Waals surface area (Å²) in [6, 6.07) is 0. The fourth-order valence-electron chi connectivity index (χ4n) is 1.88. The summed E-state index contributed by atoms with van der Waals surface area (Å²) in [6.45, 7) is 7.55. The lowest BCUT2D eigenvalue weighted by molar-refractivity contribution is -0.153. The summed E-state index contributed by atoms with van der Waals surface area (Å²) in [6.07, 6.45) is 0.453. The minimum absolute atomic E-state index is 0.157. The smallest absolute Gasteiger partial charge is 0.336 e. The van der Waals surface area contributed by atoms with E-state index in [1.54, 1.807) is 20.8 Å². The lowest BCUT2D eigenvalue weighted by atomic mass is 10.1. The number of carbonyl (C=O) groups excluding carboxylic acids is 1. The predicted octanol–water partition coefficient (Wildman–Crippen LogP) is 2.74. The number of rotatable bonds is 11. The van der Waals surface area contributed by atoms with Gasteiger partial charge in [0, 0.05) is 0 Å². The third-order valence-electron chi connectivity index (χ3n) is 2.77. The summed E-state index contributed by atoms with van der Waals surface area (Å²) < 4.78 is 28.0. The Morgan fingerprint density at radius 3 is 2.05 bits per heavy atom. The Hall–Kier alpha value is -0.420. The minimum atomic E-state index is -3.54. The molecule has 0 aliphatic rings. The molecule has 2 atom stereocenters. The van der Waals surface area contributed by atoms with Crippen molar-refractivity contribution in [3.05, 3.63) is 0 Å². The highest BCUT2D eigenvalue weighted by atomic mass is 31.2. The van der Waals surface area contributed by atoms with Gasteiger partial charge in [-0.15, -0.1) is 0 Å². The maximum atomic E-state index is 12.8. The van der Waals surface area contributed by atoms with Crippen molar-refractivity contribution in [3.63, 3.8) is 0 Å². The van der Waals surface area contributed by atoms with E-state index in [1.807, 2.05) is 6.92 Å². The summed E-state index contributed by atoms with van der Waals surface area (Å²) in [5.41, 5.74) is -0.888. The number of aliphatic hydroxyl groups excluding tert-OH is 1. The van der Waals surface area contributed by atoms with Gasteiger partial charge < -0.3 is 18.9 Å². The molecule has 0 saturated heterocycles. The Kier molecular flexibility index (Phi) is 10.1. The molecule has 0 aromatic heterocycles. The molecule has 0 heterocycles. The van der Waals surface area contributed by atoms with Crippen molar-refractivity contribution in [1.82, 2.24) is 0 Å². The summed E-state index contributed by atoms with van der Waals surface area (Å²) in [5.74, 6) is -0.784. The van der Waals surface area contributed by atoms with Gasteiger partial charge in [0.15, 0.2) is 6.10 Å². The van der Waals surface area contributed by atoms with E-state index in [0.717, 1.165) is 6.42 Å². The molecule has 0 aliphatic heterocycles. The van der Waals surface area contributed by atoms with E-state index in [2.05, 4.69) is 0 Å². The minimum Gasteiger partial charge on any atom is -0.464 e. The number of ether oxygens (including phenoxy) is 1. The second kappa shape index (κ2) is 10.3. The molecule has 6 nitrogen and oxygen atoms in total. The molecule has 0 aliphatic carbocycles. The molecule has 1 N–H and O–H groups in total. The zero-order valence-electron chi connectivity index (χ0n) is 12.8. The van der Waals surface area contributed by atoms with E-state index < -0.39 is 25.3 Å². The number of carbonyl (C=O) groups is 1. The van der Waals surface area contributed by atoms with Crippen molar-refractivity contribution in [2.45, 2.75) is 58.7 Å². The number of esters is 1. The van der Waals surface area contributed by atoms with Crippen molar-refractivity contribution in [2.24, 2.45) is 0 Å². The Bertz CT molecular complexity index is 310. The van der Waals surface area contributed by atoms with Crippen molar-refractivity contribution in [3.8, 4) is 0 Å². The number of hydrogen-bond acceptors (Lipinski definition) is 6. The Morgan fingerprint density at radius 2 is 1.65 bits per heavy atom. The third-order valence-corrected chi connectivity index (χ3v) is 5.36. The second-order valence-electron chi connectivity index (χ2n) is 4.28. The van der Waals surface area contributed by atoms with E-state index in [9.17, 15) is 14.5 Å². The van der Waals surface area contributed by atoms with Gasteiger partial charge in [0.2, 0.25) is 0 Å². The molecular weight excluding hydrogens is 283 g/mol. The van der Waals surface area contributed by atoms with Crippen LogP contribution >= 0.6 is 7.60 Å². The molecule has 120 valence electrons. The normalized spacial score (nSPS) is 14.8. The van der Waals surface area contributed by atoms with Crippen LogP contribution in [0.4, 0.5) is 0 Å². The van der Waals surface area contributed by atoms with E-state index in [4.69, 9.17) is 13.8 Å². The van der Waals surface area contributed by atoms with Gasteiger partial charge in [0.25, 0.3) is 0 Å². The van der Waals surface area contributed by atoms with E-state index in [-0.39, 0.29) is 19.8 Å². The topological polar surface area (TPSA) is 82.1 Å². The molecule has 0 rings (SSSR count). The monoisotopic (exact) mass is 310 g/mol. The van der Waals surface area contributed by atoms with Crippen molar-refractivity contribution in [2.75, 3.05) is 19.8 Å². The van der Waals surface area contributed by atoms with Gasteiger partial charge >= 0.3 is 13.6 Å². The molecule has 2 unspecified atom stereocenters. The van der Waals surface area contributed by atoms with E-state index in [1.165, 1.54) is 0 Å². The molecule has 0 aromatic rings. The first-order valence-electron chi connectivity index (χ1n) is 7.20. The lowest BCUT2D eigenvalue weighted by Gasteiger charge is -2.28. The maximum Gasteiger partial charge on any atom is 0.336 e. The van der Waals surface area contributed by atoms with Crippen LogP contribution in [0.5, 0.6) is 0 Å². The highest BCUT2D eigenvalue weighted by Crippen LogP contribution is 2.55. The lowest BCUT2D eigenvalue weighted by Crippen LogP contribution is -2.36. The Balaban J connectivity index is 5.16. The van der Waals surface area contributed by atoms with Crippen molar-refractivity contribution >= 4 is 13.6 Å². The summed E-state index contributed by atoms with van der Waals surface area (Å²) in [7, 11) is -3.54. The first-order valence-corrected chi connectivity index (χ1v) is 8.81. The van der Waals surface area contributed by atoms with Gasteiger partial charge in [-0.05, 0) is 27.2 Å². The van der Waals surface area contributed by atoms with Crippen LogP contribution in [-0.4, -0.2) is 42.7 Å². The molecule has 0 amide bonds. The average Bonchev–Trinajstić information content (AvgIpc) is 2.39. The zero-order chi connectivity index (χ0) is 15.6. The standard InChI is InChI=1S/C13H27O6P/c1-5-9-10-11(12(14)13(15)17-6-2)20(16,18-7-3)19-8-4/h11-12,14H,5-10H2,1-4H3. The van der Waals surface area contributed by atoms with Crippen LogP contribution in [0, 0.1) is 0 Å². The molecule has 0 aromatic carbocycles. The van der Waals surface area contributed by atoms with Crippen LogP contribution < -0.4 is 0 Å². The number of hydrogen-bond donors (Lipinski definition) is 1. The van der Waals surface area contributed by atoms with Crippen LogP contribution in [0.2, 0.25) is 0 Å². The molecule has 0 fully saturated rings. The average molecular weight is 310 g/mol. The second-order valence-corrected chi connectivity index (χ2v) is 6.54. The molecule has 0 saturated carbocycles. The quantitative estimate of drug-likeness (QED) is 0.467. The summed E-state index contributed by atoms with van der Waals surface area (Å²) in [4.78, 5) is 11.7. The van der Waals surface area contributed by atoms with E-state index >= 15 is 0 Å². The van der Waals surface area contributed by atoms with Crippen LogP contribution in [0.3, 0.4) is 0 Å². The number of unbranched alkanes of at least 4 members (excludes halogenated alkanes) is 1. The van der Waals surface area contributed by atoms with Gasteiger partial charge in [0.1, 0.15) is 0 Å². The first kappa shape index (κ1) is 19.6. The van der Waals surface area contributed by atoms with Gasteiger partial charge in [-0.1, -0.05) is 19.8 Å². The summed E-state index contributed by atoms with van der Waals surface area (Å²) >= 11 is 0. The Morgan fingerprint density at radius 1 is 1.10 bits per heavy atom. The fourth-order valence-corrected chi connectivity index (χ4v) is 4.02. The molecule has 0 bridgehead atoms. The highest BCUT2D eigenvalue weighted by molar-refractivity contribution is 7.54. The summed E-state index contributed by atoms with van der Waals surface area (Å²) in [5, 5.41) is 10.1. The molecule has 0 radical (unpaired) electrons. The molecule has 0 spiro atoms. The number of aliphatic hydroxyl groups is 1. The van der Waals surface area contributed by atoms with Crippen LogP contribution in [-0.2, 0) is 23.1 Å².